The molecule has 0 spiro atoms. The Morgan fingerprint density at radius 3 is 2.56 bits per heavy atom. The fourth-order valence-electron chi connectivity index (χ4n) is 1.62. The maximum absolute atomic E-state index is 5.97. The lowest BCUT2D eigenvalue weighted by Gasteiger charge is -2.10. The SMILES string of the molecule is CC[C@H](N)c1ccc(OCc2sccc2Br)cc1. The van der Waals surface area contributed by atoms with Gasteiger partial charge in [0.1, 0.15) is 12.4 Å². The first-order valence-electron chi connectivity index (χ1n) is 5.91. The first kappa shape index (κ1) is 13.6. The molecule has 1 atom stereocenters. The molecule has 18 heavy (non-hydrogen) atoms. The Balaban J connectivity index is 1.96. The molecule has 2 N–H and O–H groups in total. The third kappa shape index (κ3) is 3.34. The Kier molecular flexibility index (Phi) is 4.80. The molecule has 0 aliphatic carbocycles. The van der Waals surface area contributed by atoms with Gasteiger partial charge in [0.2, 0.25) is 0 Å². The van der Waals surface area contributed by atoms with Crippen LogP contribution in [0.25, 0.3) is 0 Å². The molecule has 0 saturated carbocycles. The van der Waals surface area contributed by atoms with Gasteiger partial charge in [-0.2, -0.15) is 0 Å². The molecule has 4 heteroatoms. The van der Waals surface area contributed by atoms with E-state index in [1.807, 2.05) is 35.7 Å². The van der Waals surface area contributed by atoms with Crippen molar-refractivity contribution in [2.75, 3.05) is 0 Å². The first-order valence-corrected chi connectivity index (χ1v) is 7.58. The third-order valence-electron chi connectivity index (χ3n) is 2.81. The van der Waals surface area contributed by atoms with Gasteiger partial charge in [-0.05, 0) is 51.5 Å². The van der Waals surface area contributed by atoms with Crippen LogP contribution < -0.4 is 10.5 Å². The maximum Gasteiger partial charge on any atom is 0.124 e. The van der Waals surface area contributed by atoms with Crippen molar-refractivity contribution in [3.63, 3.8) is 0 Å². The Morgan fingerprint density at radius 2 is 2.00 bits per heavy atom. The molecule has 0 bridgehead atoms. The number of hydrogen-bond donors (Lipinski definition) is 1. The van der Waals surface area contributed by atoms with Crippen LogP contribution in [-0.2, 0) is 6.61 Å². The van der Waals surface area contributed by atoms with Crippen molar-refractivity contribution in [3.05, 3.63) is 50.6 Å². The minimum Gasteiger partial charge on any atom is -0.488 e. The number of benzene rings is 1. The third-order valence-corrected chi connectivity index (χ3v) is 4.71. The maximum atomic E-state index is 5.97. The highest BCUT2D eigenvalue weighted by atomic mass is 79.9. The van der Waals surface area contributed by atoms with E-state index in [9.17, 15) is 0 Å². The van der Waals surface area contributed by atoms with Gasteiger partial charge in [0.25, 0.3) is 0 Å². The molecule has 0 aliphatic rings. The van der Waals surface area contributed by atoms with Gasteiger partial charge in [0.05, 0.1) is 4.88 Å². The minimum atomic E-state index is 0.116. The van der Waals surface area contributed by atoms with Crippen molar-refractivity contribution in [1.82, 2.24) is 0 Å². The number of nitrogens with two attached hydrogens (primary N) is 1. The van der Waals surface area contributed by atoms with E-state index in [-0.39, 0.29) is 6.04 Å². The molecule has 0 unspecified atom stereocenters. The van der Waals surface area contributed by atoms with Crippen molar-refractivity contribution in [2.24, 2.45) is 5.73 Å². The summed E-state index contributed by atoms with van der Waals surface area (Å²) in [5.41, 5.74) is 7.12. The van der Waals surface area contributed by atoms with E-state index in [0.717, 1.165) is 22.2 Å². The molecular formula is C14H16BrNOS. The van der Waals surface area contributed by atoms with Crippen LogP contribution in [-0.4, -0.2) is 0 Å². The zero-order valence-electron chi connectivity index (χ0n) is 10.2. The van der Waals surface area contributed by atoms with Crippen LogP contribution in [0.1, 0.15) is 29.8 Å². The Morgan fingerprint density at radius 1 is 1.28 bits per heavy atom. The molecule has 0 amide bonds. The Labute approximate surface area is 120 Å². The molecule has 0 aliphatic heterocycles. The van der Waals surface area contributed by atoms with E-state index in [4.69, 9.17) is 10.5 Å². The standard InChI is InChI=1S/C14H16BrNOS/c1-2-13(16)10-3-5-11(6-4-10)17-9-14-12(15)7-8-18-14/h3-8,13H,2,9,16H2,1H3/t13-/m0/s1. The highest BCUT2D eigenvalue weighted by Crippen LogP contribution is 2.25. The smallest absolute Gasteiger partial charge is 0.124 e. The number of rotatable bonds is 5. The second-order valence-electron chi connectivity index (χ2n) is 4.06. The van der Waals surface area contributed by atoms with Crippen molar-refractivity contribution < 1.29 is 4.74 Å². The predicted molar refractivity (Wildman–Crippen MR) is 80.0 cm³/mol. The Hall–Kier alpha value is -0.840. The molecule has 0 saturated heterocycles. The lowest BCUT2D eigenvalue weighted by atomic mass is 10.1. The molecular weight excluding hydrogens is 310 g/mol. The normalized spacial score (nSPS) is 12.4. The summed E-state index contributed by atoms with van der Waals surface area (Å²) < 4.78 is 6.85. The quantitative estimate of drug-likeness (QED) is 0.878. The van der Waals surface area contributed by atoms with Gasteiger partial charge in [-0.25, -0.2) is 0 Å². The summed E-state index contributed by atoms with van der Waals surface area (Å²) in [7, 11) is 0. The zero-order chi connectivity index (χ0) is 13.0. The predicted octanol–water partition coefficient (Wildman–Crippen LogP) is 4.50. The second kappa shape index (κ2) is 6.36. The van der Waals surface area contributed by atoms with Crippen molar-refractivity contribution >= 4 is 27.3 Å². The molecule has 96 valence electrons. The van der Waals surface area contributed by atoms with E-state index in [2.05, 4.69) is 22.9 Å². The summed E-state index contributed by atoms with van der Waals surface area (Å²) in [4.78, 5) is 1.20. The second-order valence-corrected chi connectivity index (χ2v) is 5.92. The van der Waals surface area contributed by atoms with E-state index in [1.165, 1.54) is 4.88 Å². The van der Waals surface area contributed by atoms with Gasteiger partial charge < -0.3 is 10.5 Å². The van der Waals surface area contributed by atoms with Crippen LogP contribution in [0.2, 0.25) is 0 Å². The van der Waals surface area contributed by atoms with Gasteiger partial charge in [-0.1, -0.05) is 19.1 Å². The highest BCUT2D eigenvalue weighted by Gasteiger charge is 2.05. The van der Waals surface area contributed by atoms with E-state index < -0.39 is 0 Å². The molecule has 1 heterocycles. The molecule has 2 aromatic rings. The molecule has 0 fully saturated rings. The van der Waals surface area contributed by atoms with E-state index in [0.29, 0.717) is 6.61 Å². The largest absolute Gasteiger partial charge is 0.488 e. The number of thiophene rings is 1. The van der Waals surface area contributed by atoms with E-state index >= 15 is 0 Å². The Bertz CT molecular complexity index is 495. The fourth-order valence-corrected chi connectivity index (χ4v) is 3.00. The van der Waals surface area contributed by atoms with Crippen LogP contribution in [0.15, 0.2) is 40.2 Å². The van der Waals surface area contributed by atoms with E-state index in [1.54, 1.807) is 11.3 Å². The summed E-state index contributed by atoms with van der Waals surface area (Å²) in [6.07, 6.45) is 0.947. The lowest BCUT2D eigenvalue weighted by Crippen LogP contribution is -2.08. The number of ether oxygens (including phenoxy) is 1. The first-order chi connectivity index (χ1) is 8.70. The fraction of sp³-hybridized carbons (Fsp3) is 0.286. The van der Waals surface area contributed by atoms with Crippen LogP contribution in [0, 0.1) is 0 Å². The van der Waals surface area contributed by atoms with Crippen molar-refractivity contribution in [3.8, 4) is 5.75 Å². The van der Waals surface area contributed by atoms with Gasteiger partial charge in [0.15, 0.2) is 0 Å². The molecule has 2 rings (SSSR count). The van der Waals surface area contributed by atoms with Crippen molar-refractivity contribution in [1.29, 1.82) is 0 Å². The van der Waals surface area contributed by atoms with Gasteiger partial charge >= 0.3 is 0 Å². The monoisotopic (exact) mass is 325 g/mol. The summed E-state index contributed by atoms with van der Waals surface area (Å²) in [6, 6.07) is 10.2. The number of hydrogen-bond acceptors (Lipinski definition) is 3. The zero-order valence-corrected chi connectivity index (χ0v) is 12.6. The summed E-state index contributed by atoms with van der Waals surface area (Å²) >= 11 is 5.18. The van der Waals surface area contributed by atoms with Crippen LogP contribution >= 0.6 is 27.3 Å². The minimum absolute atomic E-state index is 0.116. The summed E-state index contributed by atoms with van der Waals surface area (Å²) in [5.74, 6) is 0.877. The molecule has 1 aromatic heterocycles. The molecule has 1 aromatic carbocycles. The van der Waals surface area contributed by atoms with Gasteiger partial charge in [-0.15, -0.1) is 11.3 Å². The highest BCUT2D eigenvalue weighted by molar-refractivity contribution is 9.10. The average molecular weight is 326 g/mol. The van der Waals surface area contributed by atoms with Crippen LogP contribution in [0.3, 0.4) is 0 Å². The van der Waals surface area contributed by atoms with Crippen LogP contribution in [0.4, 0.5) is 0 Å². The topological polar surface area (TPSA) is 35.2 Å². The molecule has 2 nitrogen and oxygen atoms in total. The summed E-state index contributed by atoms with van der Waals surface area (Å²) in [6.45, 7) is 2.68. The van der Waals surface area contributed by atoms with Gasteiger partial charge in [-0.3, -0.25) is 0 Å². The number of halogens is 1. The molecule has 0 radical (unpaired) electrons. The summed E-state index contributed by atoms with van der Waals surface area (Å²) in [5, 5.41) is 2.05. The van der Waals surface area contributed by atoms with Gasteiger partial charge in [0, 0.05) is 10.5 Å². The lowest BCUT2D eigenvalue weighted by molar-refractivity contribution is 0.309. The van der Waals surface area contributed by atoms with Crippen LogP contribution in [0.5, 0.6) is 5.75 Å². The average Bonchev–Trinajstić information content (AvgIpc) is 2.81. The van der Waals surface area contributed by atoms with Crippen molar-refractivity contribution in [2.45, 2.75) is 26.0 Å².